The van der Waals surface area contributed by atoms with Crippen molar-refractivity contribution in [3.8, 4) is 16.8 Å². The maximum atomic E-state index is 12.2. The van der Waals surface area contributed by atoms with Crippen molar-refractivity contribution in [3.63, 3.8) is 0 Å². The van der Waals surface area contributed by atoms with Crippen LogP contribution in [0.15, 0.2) is 60.8 Å². The van der Waals surface area contributed by atoms with E-state index in [0.29, 0.717) is 18.0 Å². The molecule has 5 heteroatoms. The van der Waals surface area contributed by atoms with Crippen LogP contribution in [0.3, 0.4) is 0 Å². The molecular weight excluding hydrogens is 290 g/mol. The van der Waals surface area contributed by atoms with Crippen LogP contribution >= 0.6 is 0 Å². The SMILES string of the molecule is CCOC(=O)c1nn(-c2ccc(N)cc2)cc1-c1ccccc1. The average Bonchev–Trinajstić information content (AvgIpc) is 3.02. The summed E-state index contributed by atoms with van der Waals surface area (Å²) in [6.45, 7) is 2.08. The number of hydrogen-bond acceptors (Lipinski definition) is 4. The summed E-state index contributed by atoms with van der Waals surface area (Å²) in [5, 5.41) is 4.41. The number of anilines is 1. The van der Waals surface area contributed by atoms with Crippen molar-refractivity contribution in [3.05, 3.63) is 66.5 Å². The molecule has 0 bridgehead atoms. The molecule has 1 heterocycles. The van der Waals surface area contributed by atoms with Crippen molar-refractivity contribution < 1.29 is 9.53 Å². The number of nitrogen functional groups attached to an aromatic ring is 1. The molecule has 0 aliphatic carbocycles. The van der Waals surface area contributed by atoms with Crippen molar-refractivity contribution in [1.29, 1.82) is 0 Å². The van der Waals surface area contributed by atoms with Crippen LogP contribution < -0.4 is 5.73 Å². The number of aromatic nitrogens is 2. The van der Waals surface area contributed by atoms with Crippen molar-refractivity contribution in [2.24, 2.45) is 0 Å². The number of rotatable bonds is 4. The van der Waals surface area contributed by atoms with Gasteiger partial charge in [0.05, 0.1) is 12.3 Å². The number of carbonyl (C=O) groups is 1. The lowest BCUT2D eigenvalue weighted by atomic mass is 10.1. The summed E-state index contributed by atoms with van der Waals surface area (Å²) in [4.78, 5) is 12.2. The molecule has 0 saturated heterocycles. The number of ether oxygens (including phenoxy) is 1. The second kappa shape index (κ2) is 6.36. The Labute approximate surface area is 134 Å². The molecule has 0 fully saturated rings. The third-order valence-electron chi connectivity index (χ3n) is 3.43. The fraction of sp³-hybridized carbons (Fsp3) is 0.111. The Balaban J connectivity index is 2.10. The highest BCUT2D eigenvalue weighted by molar-refractivity contribution is 5.95. The molecule has 0 amide bonds. The van der Waals surface area contributed by atoms with Crippen LogP contribution in [0.25, 0.3) is 16.8 Å². The van der Waals surface area contributed by atoms with Crippen LogP contribution in [0.5, 0.6) is 0 Å². The first kappa shape index (κ1) is 14.8. The Bertz CT molecular complexity index is 808. The second-order valence-electron chi connectivity index (χ2n) is 5.01. The van der Waals surface area contributed by atoms with Gasteiger partial charge in [0.25, 0.3) is 0 Å². The van der Waals surface area contributed by atoms with Crippen molar-refractivity contribution in [2.75, 3.05) is 12.3 Å². The highest BCUT2D eigenvalue weighted by Crippen LogP contribution is 2.25. The molecule has 3 rings (SSSR count). The lowest BCUT2D eigenvalue weighted by molar-refractivity contribution is 0.0520. The van der Waals surface area contributed by atoms with Gasteiger partial charge in [0.2, 0.25) is 0 Å². The molecule has 0 unspecified atom stereocenters. The molecule has 5 nitrogen and oxygen atoms in total. The molecule has 0 atom stereocenters. The van der Waals surface area contributed by atoms with Gasteiger partial charge >= 0.3 is 5.97 Å². The first-order chi connectivity index (χ1) is 11.2. The van der Waals surface area contributed by atoms with Gasteiger partial charge in [-0.15, -0.1) is 0 Å². The van der Waals surface area contributed by atoms with Crippen LogP contribution in [0.1, 0.15) is 17.4 Å². The van der Waals surface area contributed by atoms with Crippen LogP contribution in [0.2, 0.25) is 0 Å². The molecule has 0 radical (unpaired) electrons. The van der Waals surface area contributed by atoms with E-state index in [0.717, 1.165) is 16.8 Å². The Morgan fingerprint density at radius 1 is 1.13 bits per heavy atom. The molecule has 116 valence electrons. The van der Waals surface area contributed by atoms with Crippen LogP contribution in [0.4, 0.5) is 5.69 Å². The fourth-order valence-electron chi connectivity index (χ4n) is 2.31. The topological polar surface area (TPSA) is 70.1 Å². The summed E-state index contributed by atoms with van der Waals surface area (Å²) >= 11 is 0. The summed E-state index contributed by atoms with van der Waals surface area (Å²) in [5.74, 6) is -0.430. The maximum Gasteiger partial charge on any atom is 0.359 e. The molecule has 0 aliphatic heterocycles. The van der Waals surface area contributed by atoms with Gasteiger partial charge in [0, 0.05) is 17.4 Å². The minimum Gasteiger partial charge on any atom is -0.461 e. The third-order valence-corrected chi connectivity index (χ3v) is 3.43. The molecule has 2 aromatic carbocycles. The van der Waals surface area contributed by atoms with E-state index in [-0.39, 0.29) is 0 Å². The van der Waals surface area contributed by atoms with E-state index in [9.17, 15) is 4.79 Å². The largest absolute Gasteiger partial charge is 0.461 e. The van der Waals surface area contributed by atoms with E-state index in [1.54, 1.807) is 23.7 Å². The molecule has 0 spiro atoms. The van der Waals surface area contributed by atoms with Crippen LogP contribution in [-0.4, -0.2) is 22.4 Å². The predicted molar refractivity (Wildman–Crippen MR) is 89.4 cm³/mol. The molecule has 2 N–H and O–H groups in total. The molecule has 0 aliphatic rings. The van der Waals surface area contributed by atoms with Gasteiger partial charge < -0.3 is 10.5 Å². The molecule has 1 aromatic heterocycles. The van der Waals surface area contributed by atoms with Crippen molar-refractivity contribution in [2.45, 2.75) is 6.92 Å². The Hall–Kier alpha value is -3.08. The second-order valence-corrected chi connectivity index (χ2v) is 5.01. The number of hydrogen-bond donors (Lipinski definition) is 1. The van der Waals surface area contributed by atoms with Gasteiger partial charge in [-0.3, -0.25) is 0 Å². The minimum atomic E-state index is -0.430. The normalized spacial score (nSPS) is 10.5. The highest BCUT2D eigenvalue weighted by atomic mass is 16.5. The lowest BCUT2D eigenvalue weighted by Gasteiger charge is -2.02. The summed E-state index contributed by atoms with van der Waals surface area (Å²) in [6.07, 6.45) is 1.83. The quantitative estimate of drug-likeness (QED) is 0.593. The number of nitrogens with zero attached hydrogens (tertiary/aromatic N) is 2. The molecule has 3 aromatic rings. The maximum absolute atomic E-state index is 12.2. The van der Waals surface area contributed by atoms with E-state index in [1.165, 1.54) is 0 Å². The highest BCUT2D eigenvalue weighted by Gasteiger charge is 2.19. The smallest absolute Gasteiger partial charge is 0.359 e. The van der Waals surface area contributed by atoms with Crippen LogP contribution in [0, 0.1) is 0 Å². The van der Waals surface area contributed by atoms with Gasteiger partial charge in [0.15, 0.2) is 5.69 Å². The summed E-state index contributed by atoms with van der Waals surface area (Å²) in [6, 6.07) is 16.9. The van der Waals surface area contributed by atoms with Gasteiger partial charge in [-0.05, 0) is 36.8 Å². The number of benzene rings is 2. The number of carbonyl (C=O) groups excluding carboxylic acids is 1. The van der Waals surface area contributed by atoms with Crippen LogP contribution in [-0.2, 0) is 4.74 Å². The van der Waals surface area contributed by atoms with Crippen molar-refractivity contribution >= 4 is 11.7 Å². The summed E-state index contributed by atoms with van der Waals surface area (Å²) in [7, 11) is 0. The molecule has 23 heavy (non-hydrogen) atoms. The zero-order valence-electron chi connectivity index (χ0n) is 12.8. The Kier molecular flexibility index (Phi) is 4.10. The average molecular weight is 307 g/mol. The van der Waals surface area contributed by atoms with Crippen molar-refractivity contribution in [1.82, 2.24) is 9.78 Å². The Morgan fingerprint density at radius 3 is 2.48 bits per heavy atom. The van der Waals surface area contributed by atoms with E-state index in [4.69, 9.17) is 10.5 Å². The zero-order valence-corrected chi connectivity index (χ0v) is 12.8. The number of esters is 1. The minimum absolute atomic E-state index is 0.301. The monoisotopic (exact) mass is 307 g/mol. The molecular formula is C18H17N3O2. The Morgan fingerprint density at radius 2 is 1.83 bits per heavy atom. The summed E-state index contributed by atoms with van der Waals surface area (Å²) < 4.78 is 6.78. The first-order valence-electron chi connectivity index (χ1n) is 7.37. The van der Waals surface area contributed by atoms with E-state index < -0.39 is 5.97 Å². The summed E-state index contributed by atoms with van der Waals surface area (Å²) in [5.41, 5.74) is 9.17. The van der Waals surface area contributed by atoms with E-state index in [1.807, 2.05) is 48.7 Å². The van der Waals surface area contributed by atoms with Gasteiger partial charge in [0.1, 0.15) is 0 Å². The van der Waals surface area contributed by atoms with Gasteiger partial charge in [-0.25, -0.2) is 9.48 Å². The third kappa shape index (κ3) is 3.08. The van der Waals surface area contributed by atoms with E-state index >= 15 is 0 Å². The first-order valence-corrected chi connectivity index (χ1v) is 7.37. The van der Waals surface area contributed by atoms with Gasteiger partial charge in [-0.2, -0.15) is 5.10 Å². The lowest BCUT2D eigenvalue weighted by Crippen LogP contribution is -2.07. The van der Waals surface area contributed by atoms with Gasteiger partial charge in [-0.1, -0.05) is 30.3 Å². The molecule has 0 saturated carbocycles. The van der Waals surface area contributed by atoms with E-state index in [2.05, 4.69) is 5.10 Å². The predicted octanol–water partition coefficient (Wildman–Crippen LogP) is 3.30. The fourth-order valence-corrected chi connectivity index (χ4v) is 2.31. The standard InChI is InChI=1S/C18H17N3O2/c1-2-23-18(22)17-16(13-6-4-3-5-7-13)12-21(20-17)15-10-8-14(19)9-11-15/h3-12H,2,19H2,1H3. The zero-order chi connectivity index (χ0) is 16.2. The number of nitrogens with two attached hydrogens (primary N) is 1.